The monoisotopic (exact) mass is 295 g/mol. The molecule has 5 rings (SSSR count). The molecule has 0 unspecified atom stereocenters. The van der Waals surface area contributed by atoms with E-state index in [2.05, 4.69) is 53.1 Å². The minimum absolute atomic E-state index is 0.715. The largest absolute Gasteiger partial charge is 0.355 e. The van der Waals surface area contributed by atoms with Crippen LogP contribution in [0.3, 0.4) is 0 Å². The minimum atomic E-state index is 0.715. The van der Waals surface area contributed by atoms with Gasteiger partial charge in [-0.25, -0.2) is 4.98 Å². The van der Waals surface area contributed by atoms with E-state index >= 15 is 0 Å². The summed E-state index contributed by atoms with van der Waals surface area (Å²) in [4.78, 5) is 10.2. The third kappa shape index (κ3) is 2.58. The van der Waals surface area contributed by atoms with Gasteiger partial charge in [0.05, 0.1) is 5.52 Å². The summed E-state index contributed by atoms with van der Waals surface area (Å²) in [5.41, 5.74) is 1.11. The van der Waals surface area contributed by atoms with Crippen LogP contribution in [0.15, 0.2) is 36.4 Å². The normalized spacial score (nSPS) is 25.6. The number of aromatic nitrogens is 1. The third-order valence-electron chi connectivity index (χ3n) is 5.25. The first kappa shape index (κ1) is 14.0. The van der Waals surface area contributed by atoms with Crippen molar-refractivity contribution >= 4 is 16.7 Å². The van der Waals surface area contributed by atoms with E-state index in [1.807, 2.05) is 0 Å². The molecule has 0 N–H and O–H groups in total. The van der Waals surface area contributed by atoms with Gasteiger partial charge in [-0.1, -0.05) is 25.1 Å². The van der Waals surface area contributed by atoms with Crippen molar-refractivity contribution in [2.45, 2.75) is 32.2 Å². The van der Waals surface area contributed by atoms with E-state index in [1.54, 1.807) is 0 Å². The number of fused-ring (bicyclic) bond motifs is 5. The van der Waals surface area contributed by atoms with Crippen LogP contribution in [0.2, 0.25) is 0 Å². The molecule has 2 aromatic rings. The molecule has 1 aromatic carbocycles. The van der Waals surface area contributed by atoms with Crippen molar-refractivity contribution in [2.75, 3.05) is 31.1 Å². The second kappa shape index (κ2) is 5.88. The third-order valence-corrected chi connectivity index (χ3v) is 5.25. The molecule has 0 aliphatic carbocycles. The quantitative estimate of drug-likeness (QED) is 0.863. The van der Waals surface area contributed by atoms with E-state index in [9.17, 15) is 0 Å². The van der Waals surface area contributed by atoms with Gasteiger partial charge in [0.25, 0.3) is 0 Å². The van der Waals surface area contributed by atoms with Crippen LogP contribution in [0, 0.1) is 5.92 Å². The van der Waals surface area contributed by atoms with Gasteiger partial charge < -0.3 is 4.90 Å². The van der Waals surface area contributed by atoms with Crippen LogP contribution in [0.25, 0.3) is 10.9 Å². The molecule has 3 fully saturated rings. The van der Waals surface area contributed by atoms with Crippen LogP contribution in [0.1, 0.15) is 26.2 Å². The minimum Gasteiger partial charge on any atom is -0.355 e. The zero-order valence-corrected chi connectivity index (χ0v) is 13.4. The fourth-order valence-electron chi connectivity index (χ4n) is 4.16. The van der Waals surface area contributed by atoms with Gasteiger partial charge in [0.15, 0.2) is 0 Å². The Labute approximate surface area is 132 Å². The summed E-state index contributed by atoms with van der Waals surface area (Å²) in [5.74, 6) is 1.97. The Morgan fingerprint density at radius 3 is 2.86 bits per heavy atom. The van der Waals surface area contributed by atoms with Gasteiger partial charge in [-0.2, -0.15) is 0 Å². The maximum absolute atomic E-state index is 4.92. The Kier molecular flexibility index (Phi) is 3.75. The number of hydrogen-bond donors (Lipinski definition) is 0. The summed E-state index contributed by atoms with van der Waals surface area (Å²) in [7, 11) is 0. The number of pyridine rings is 1. The van der Waals surface area contributed by atoms with Crippen molar-refractivity contribution in [2.24, 2.45) is 5.92 Å². The molecular weight excluding hydrogens is 270 g/mol. The van der Waals surface area contributed by atoms with E-state index < -0.39 is 0 Å². The van der Waals surface area contributed by atoms with Gasteiger partial charge in [0.1, 0.15) is 5.82 Å². The van der Waals surface area contributed by atoms with Crippen LogP contribution in [-0.4, -0.2) is 42.1 Å². The van der Waals surface area contributed by atoms with Crippen LogP contribution in [0.5, 0.6) is 0 Å². The van der Waals surface area contributed by atoms with Crippen LogP contribution >= 0.6 is 0 Å². The summed E-state index contributed by atoms with van der Waals surface area (Å²) in [6.07, 6.45) is 4.00. The highest BCUT2D eigenvalue weighted by atomic mass is 15.3. The molecule has 1 aromatic heterocycles. The number of para-hydroxylation sites is 1. The Hall–Kier alpha value is -1.61. The predicted molar refractivity (Wildman–Crippen MR) is 92.3 cm³/mol. The number of nitrogens with zero attached hydrogens (tertiary/aromatic N) is 3. The molecule has 0 radical (unpaired) electrons. The van der Waals surface area contributed by atoms with Crippen molar-refractivity contribution in [3.63, 3.8) is 0 Å². The highest BCUT2D eigenvalue weighted by molar-refractivity contribution is 5.80. The molecule has 3 heteroatoms. The average Bonchev–Trinajstić information content (AvgIpc) is 2.86. The lowest BCUT2D eigenvalue weighted by Gasteiger charge is -2.35. The smallest absolute Gasteiger partial charge is 0.129 e. The first-order valence-corrected chi connectivity index (χ1v) is 8.68. The van der Waals surface area contributed by atoms with Gasteiger partial charge >= 0.3 is 0 Å². The summed E-state index contributed by atoms with van der Waals surface area (Å²) in [5, 5.41) is 1.23. The van der Waals surface area contributed by atoms with Crippen molar-refractivity contribution in [1.82, 2.24) is 9.88 Å². The highest BCUT2D eigenvalue weighted by Crippen LogP contribution is 2.30. The predicted octanol–water partition coefficient (Wildman–Crippen LogP) is 3.55. The van der Waals surface area contributed by atoms with E-state index in [0.717, 1.165) is 23.8 Å². The van der Waals surface area contributed by atoms with Crippen LogP contribution < -0.4 is 4.90 Å². The molecule has 0 amide bonds. The van der Waals surface area contributed by atoms with Gasteiger partial charge in [-0.3, -0.25) is 4.90 Å². The second-order valence-electron chi connectivity index (χ2n) is 6.86. The molecule has 2 bridgehead atoms. The maximum Gasteiger partial charge on any atom is 0.129 e. The van der Waals surface area contributed by atoms with Crippen molar-refractivity contribution in [3.8, 4) is 0 Å². The van der Waals surface area contributed by atoms with Gasteiger partial charge in [0.2, 0.25) is 0 Å². The summed E-state index contributed by atoms with van der Waals surface area (Å²) >= 11 is 0. The number of hydrogen-bond acceptors (Lipinski definition) is 3. The van der Waals surface area contributed by atoms with E-state index in [4.69, 9.17) is 4.98 Å². The lowest BCUT2D eigenvalue weighted by molar-refractivity contribution is 0.134. The average molecular weight is 295 g/mol. The van der Waals surface area contributed by atoms with Crippen molar-refractivity contribution in [3.05, 3.63) is 36.4 Å². The molecule has 0 saturated carbocycles. The molecule has 116 valence electrons. The first-order valence-electron chi connectivity index (χ1n) is 8.68. The molecule has 3 aliphatic heterocycles. The summed E-state index contributed by atoms with van der Waals surface area (Å²) in [6.45, 7) is 7.13. The van der Waals surface area contributed by atoms with E-state index in [-0.39, 0.29) is 0 Å². The second-order valence-corrected chi connectivity index (χ2v) is 6.86. The molecule has 4 heterocycles. The lowest BCUT2D eigenvalue weighted by Crippen LogP contribution is -2.44. The topological polar surface area (TPSA) is 19.4 Å². The molecule has 3 nitrogen and oxygen atoms in total. The molecule has 0 spiro atoms. The number of rotatable bonds is 3. The number of anilines is 1. The zero-order valence-electron chi connectivity index (χ0n) is 13.4. The Bertz CT molecular complexity index is 654. The van der Waals surface area contributed by atoms with E-state index in [0.29, 0.717) is 6.04 Å². The molecule has 3 saturated heterocycles. The Balaban J connectivity index is 1.61. The molecular formula is C19H25N3. The molecule has 2 atom stereocenters. The Morgan fingerprint density at radius 1 is 1.05 bits per heavy atom. The number of benzene rings is 1. The van der Waals surface area contributed by atoms with E-state index in [1.165, 1.54) is 44.3 Å². The molecule has 22 heavy (non-hydrogen) atoms. The van der Waals surface area contributed by atoms with Crippen LogP contribution in [0.4, 0.5) is 5.82 Å². The fraction of sp³-hybridized carbons (Fsp3) is 0.526. The zero-order chi connectivity index (χ0) is 14.9. The molecule has 3 aliphatic rings. The van der Waals surface area contributed by atoms with Crippen molar-refractivity contribution < 1.29 is 0 Å². The number of piperidine rings is 1. The maximum atomic E-state index is 4.92. The van der Waals surface area contributed by atoms with Crippen LogP contribution in [-0.2, 0) is 0 Å². The van der Waals surface area contributed by atoms with Crippen molar-refractivity contribution in [1.29, 1.82) is 0 Å². The Morgan fingerprint density at radius 2 is 1.95 bits per heavy atom. The fourth-order valence-corrected chi connectivity index (χ4v) is 4.16. The first-order chi connectivity index (χ1) is 10.8. The lowest BCUT2D eigenvalue weighted by atomic mass is 9.95. The standard InChI is InChI=1S/C19H25N3/c1-2-11-21-12-15-7-9-17(21)14-22(13-15)19-10-8-16-5-3-4-6-18(16)20-19/h3-6,8,10,15,17H,2,7,9,11-14H2,1H3/t15-,17-/m1/s1. The summed E-state index contributed by atoms with van der Waals surface area (Å²) < 4.78 is 0. The summed E-state index contributed by atoms with van der Waals surface area (Å²) in [6, 6.07) is 13.6. The highest BCUT2D eigenvalue weighted by Gasteiger charge is 2.34. The van der Waals surface area contributed by atoms with Gasteiger partial charge in [-0.15, -0.1) is 0 Å². The van der Waals surface area contributed by atoms with Gasteiger partial charge in [0, 0.05) is 31.1 Å². The van der Waals surface area contributed by atoms with Gasteiger partial charge in [-0.05, 0) is 49.9 Å². The SMILES string of the molecule is CCCN1C[C@H]2CC[C@@H]1CN(c1ccc3ccccc3n1)C2.